The Morgan fingerprint density at radius 1 is 1.31 bits per heavy atom. The second-order valence-corrected chi connectivity index (χ2v) is 8.07. The molecule has 1 atom stereocenters. The van der Waals surface area contributed by atoms with Crippen molar-refractivity contribution in [3.05, 3.63) is 29.5 Å². The zero-order valence-corrected chi connectivity index (χ0v) is 15.7. The number of hydrogen-bond donors (Lipinski definition) is 0. The number of hydrogen-bond acceptors (Lipinski definition) is 7. The van der Waals surface area contributed by atoms with Gasteiger partial charge in [-0.3, -0.25) is 4.68 Å². The van der Waals surface area contributed by atoms with Gasteiger partial charge in [-0.25, -0.2) is 18.4 Å². The fraction of sp³-hybridized carbons (Fsp3) is 0.500. The van der Waals surface area contributed by atoms with E-state index in [0.717, 1.165) is 0 Å². The quantitative estimate of drug-likeness (QED) is 0.780. The molecule has 0 spiro atoms. The van der Waals surface area contributed by atoms with Crippen molar-refractivity contribution in [3.8, 4) is 11.9 Å². The van der Waals surface area contributed by atoms with E-state index >= 15 is 0 Å². The van der Waals surface area contributed by atoms with Crippen LogP contribution in [0.2, 0.25) is 0 Å². The van der Waals surface area contributed by atoms with Crippen LogP contribution in [0.25, 0.3) is 0 Å². The normalized spacial score (nSPS) is 18.5. The predicted octanol–water partition coefficient (Wildman–Crippen LogP) is 0.931. The van der Waals surface area contributed by atoms with Gasteiger partial charge in [-0.1, -0.05) is 0 Å². The molecule has 0 unspecified atom stereocenters. The second kappa shape index (κ2) is 7.01. The Balaban J connectivity index is 1.83. The number of sulfonamides is 1. The molecule has 26 heavy (non-hydrogen) atoms. The Morgan fingerprint density at radius 3 is 2.69 bits per heavy atom. The summed E-state index contributed by atoms with van der Waals surface area (Å²) in [5.41, 5.74) is 1.17. The Labute approximate surface area is 152 Å². The molecule has 0 amide bonds. The molecule has 0 N–H and O–H groups in total. The maximum absolute atomic E-state index is 13.1. The molecule has 2 aromatic rings. The highest BCUT2D eigenvalue weighted by atomic mass is 32.2. The summed E-state index contributed by atoms with van der Waals surface area (Å²) in [6, 6.07) is 1.93. The van der Waals surface area contributed by atoms with Crippen LogP contribution < -0.4 is 4.74 Å². The van der Waals surface area contributed by atoms with Gasteiger partial charge in [0.2, 0.25) is 15.7 Å². The summed E-state index contributed by atoms with van der Waals surface area (Å²) in [4.78, 5) is 8.19. The molecule has 3 rings (SSSR count). The van der Waals surface area contributed by atoms with Crippen molar-refractivity contribution in [2.24, 2.45) is 7.05 Å². The van der Waals surface area contributed by atoms with E-state index in [4.69, 9.17) is 10.00 Å². The number of piperidine rings is 1. The standard InChI is InChI=1S/C16H20N6O3S/c1-11-15(12(2)21(3)20-11)26(23,24)22-8-4-5-13(10-22)25-16-14(9-17)18-6-7-19-16/h6-7,13H,4-5,8,10H2,1-3H3/t13-/m1/s1. The highest BCUT2D eigenvalue weighted by molar-refractivity contribution is 7.89. The average Bonchev–Trinajstić information content (AvgIpc) is 2.88. The van der Waals surface area contributed by atoms with Crippen LogP contribution in [0.4, 0.5) is 0 Å². The first kappa shape index (κ1) is 18.3. The second-order valence-electron chi connectivity index (χ2n) is 6.19. The lowest BCUT2D eigenvalue weighted by Gasteiger charge is -2.31. The molecule has 0 aromatic carbocycles. The Morgan fingerprint density at radius 2 is 2.04 bits per heavy atom. The lowest BCUT2D eigenvalue weighted by atomic mass is 10.1. The minimum atomic E-state index is -3.67. The van der Waals surface area contributed by atoms with Gasteiger partial charge in [-0.15, -0.1) is 0 Å². The first-order valence-corrected chi connectivity index (χ1v) is 9.66. The van der Waals surface area contributed by atoms with Crippen LogP contribution in [0.1, 0.15) is 29.9 Å². The van der Waals surface area contributed by atoms with E-state index in [-0.39, 0.29) is 29.1 Å². The highest BCUT2D eigenvalue weighted by Crippen LogP contribution is 2.27. The van der Waals surface area contributed by atoms with Crippen molar-refractivity contribution in [1.29, 1.82) is 5.26 Å². The third kappa shape index (κ3) is 3.27. The van der Waals surface area contributed by atoms with Crippen molar-refractivity contribution in [1.82, 2.24) is 24.1 Å². The van der Waals surface area contributed by atoms with Crippen LogP contribution in [-0.2, 0) is 17.1 Å². The molecule has 0 radical (unpaired) electrons. The summed E-state index contributed by atoms with van der Waals surface area (Å²) < 4.78 is 35.0. The largest absolute Gasteiger partial charge is 0.471 e. The summed E-state index contributed by atoms with van der Waals surface area (Å²) in [5.74, 6) is 0.132. The molecule has 1 saturated heterocycles. The first-order chi connectivity index (χ1) is 12.3. The van der Waals surface area contributed by atoms with Gasteiger partial charge in [0.15, 0.2) is 0 Å². The van der Waals surface area contributed by atoms with Crippen LogP contribution in [-0.4, -0.2) is 51.7 Å². The van der Waals surface area contributed by atoms with E-state index in [2.05, 4.69) is 15.1 Å². The first-order valence-electron chi connectivity index (χ1n) is 8.22. The van der Waals surface area contributed by atoms with Gasteiger partial charge in [0.05, 0.1) is 17.9 Å². The third-order valence-electron chi connectivity index (χ3n) is 4.43. The maximum Gasteiger partial charge on any atom is 0.251 e. The van der Waals surface area contributed by atoms with Crippen molar-refractivity contribution in [3.63, 3.8) is 0 Å². The maximum atomic E-state index is 13.1. The topological polar surface area (TPSA) is 114 Å². The SMILES string of the molecule is Cc1nn(C)c(C)c1S(=O)(=O)N1CCC[C@@H](Oc2nccnc2C#N)C1. The molecule has 1 aliphatic heterocycles. The van der Waals surface area contributed by atoms with Crippen LogP contribution in [0.3, 0.4) is 0 Å². The van der Waals surface area contributed by atoms with Gasteiger partial charge in [0.1, 0.15) is 17.1 Å². The Bertz CT molecular complexity index is 963. The molecule has 138 valence electrons. The smallest absolute Gasteiger partial charge is 0.251 e. The van der Waals surface area contributed by atoms with Crippen molar-refractivity contribution in [2.75, 3.05) is 13.1 Å². The van der Waals surface area contributed by atoms with Crippen LogP contribution >= 0.6 is 0 Å². The molecule has 0 bridgehead atoms. The zero-order valence-electron chi connectivity index (χ0n) is 14.9. The average molecular weight is 376 g/mol. The summed E-state index contributed by atoms with van der Waals surface area (Å²) in [6.07, 6.45) is 3.80. The number of rotatable bonds is 4. The minimum absolute atomic E-state index is 0.0893. The predicted molar refractivity (Wildman–Crippen MR) is 91.8 cm³/mol. The molecular formula is C16H20N6O3S. The molecule has 2 aromatic heterocycles. The molecule has 3 heterocycles. The number of nitrogens with zero attached hydrogens (tertiary/aromatic N) is 6. The fourth-order valence-electron chi connectivity index (χ4n) is 3.12. The highest BCUT2D eigenvalue weighted by Gasteiger charge is 2.35. The molecular weight excluding hydrogens is 356 g/mol. The number of ether oxygens (including phenoxy) is 1. The molecule has 0 saturated carbocycles. The zero-order chi connectivity index (χ0) is 18.9. The van der Waals surface area contributed by atoms with Gasteiger partial charge in [-0.05, 0) is 26.7 Å². The summed E-state index contributed by atoms with van der Waals surface area (Å²) >= 11 is 0. The molecule has 10 heteroatoms. The van der Waals surface area contributed by atoms with Gasteiger partial charge in [-0.2, -0.15) is 14.7 Å². The summed E-state index contributed by atoms with van der Waals surface area (Å²) in [5, 5.41) is 13.3. The van der Waals surface area contributed by atoms with E-state index in [1.165, 1.54) is 16.7 Å². The van der Waals surface area contributed by atoms with E-state index in [0.29, 0.717) is 30.8 Å². The third-order valence-corrected chi connectivity index (χ3v) is 6.55. The van der Waals surface area contributed by atoms with Crippen LogP contribution in [0.15, 0.2) is 17.3 Å². The van der Waals surface area contributed by atoms with Crippen molar-refractivity contribution in [2.45, 2.75) is 37.7 Å². The Kier molecular flexibility index (Phi) is 4.93. The van der Waals surface area contributed by atoms with E-state index in [1.807, 2.05) is 6.07 Å². The van der Waals surface area contributed by atoms with Gasteiger partial charge in [0, 0.05) is 26.0 Å². The minimum Gasteiger partial charge on any atom is -0.471 e. The van der Waals surface area contributed by atoms with Crippen LogP contribution in [0, 0.1) is 25.2 Å². The lowest BCUT2D eigenvalue weighted by Crippen LogP contribution is -2.44. The van der Waals surface area contributed by atoms with Crippen molar-refractivity contribution < 1.29 is 13.2 Å². The van der Waals surface area contributed by atoms with Gasteiger partial charge >= 0.3 is 0 Å². The van der Waals surface area contributed by atoms with Gasteiger partial charge < -0.3 is 4.74 Å². The molecule has 1 fully saturated rings. The summed E-state index contributed by atoms with van der Waals surface area (Å²) in [7, 11) is -1.95. The monoisotopic (exact) mass is 376 g/mol. The van der Waals surface area contributed by atoms with Crippen LogP contribution in [0.5, 0.6) is 5.88 Å². The van der Waals surface area contributed by atoms with Crippen molar-refractivity contribution >= 4 is 10.0 Å². The van der Waals surface area contributed by atoms with E-state index < -0.39 is 10.0 Å². The number of nitriles is 1. The molecule has 1 aliphatic rings. The summed E-state index contributed by atoms with van der Waals surface area (Å²) in [6.45, 7) is 4.04. The molecule has 9 nitrogen and oxygen atoms in total. The van der Waals surface area contributed by atoms with E-state index in [9.17, 15) is 8.42 Å². The Hall–Kier alpha value is -2.51. The fourth-order valence-corrected chi connectivity index (χ4v) is 5.03. The lowest BCUT2D eigenvalue weighted by molar-refractivity contribution is 0.124. The number of aryl methyl sites for hydroxylation is 2. The van der Waals surface area contributed by atoms with Gasteiger partial charge in [0.25, 0.3) is 5.88 Å². The molecule has 0 aliphatic carbocycles. The van der Waals surface area contributed by atoms with E-state index in [1.54, 1.807) is 25.6 Å². The number of aromatic nitrogens is 4.